The largest absolute Gasteiger partial charge is 0.418 e. The first-order valence-corrected chi connectivity index (χ1v) is 14.2. The molecular weight excluding hydrogens is 584 g/mol. The summed E-state index contributed by atoms with van der Waals surface area (Å²) in [6.45, 7) is 6.83. The molecule has 4 aromatic rings. The molecule has 1 saturated heterocycles. The maximum Gasteiger partial charge on any atom is 0.418 e. The highest BCUT2D eigenvalue weighted by atomic mass is 19.4. The maximum absolute atomic E-state index is 13.8. The van der Waals surface area contributed by atoms with E-state index in [-0.39, 0.29) is 11.3 Å². The third-order valence-electron chi connectivity index (χ3n) is 7.84. The molecule has 2 aromatic heterocycles. The second-order valence-electron chi connectivity index (χ2n) is 11.2. The van der Waals surface area contributed by atoms with Crippen molar-refractivity contribution in [3.05, 3.63) is 77.7 Å². The molecule has 1 N–H and O–H groups in total. The van der Waals surface area contributed by atoms with Crippen molar-refractivity contribution in [3.8, 4) is 11.3 Å². The van der Waals surface area contributed by atoms with Crippen molar-refractivity contribution < 1.29 is 26.3 Å². The molecule has 1 fully saturated rings. The highest BCUT2D eigenvalue weighted by molar-refractivity contribution is 5.93. The molecule has 0 radical (unpaired) electrons. The van der Waals surface area contributed by atoms with Gasteiger partial charge in [-0.1, -0.05) is 6.07 Å². The lowest BCUT2D eigenvalue weighted by atomic mass is 10.0. The summed E-state index contributed by atoms with van der Waals surface area (Å²) < 4.78 is 80.6. The quantitative estimate of drug-likeness (QED) is 0.225. The van der Waals surface area contributed by atoms with Gasteiger partial charge in [0.05, 0.1) is 28.9 Å². The zero-order chi connectivity index (χ0) is 31.6. The van der Waals surface area contributed by atoms with Gasteiger partial charge in [-0.05, 0) is 69.6 Å². The summed E-state index contributed by atoms with van der Waals surface area (Å²) in [6.07, 6.45) is -7.77. The summed E-state index contributed by atoms with van der Waals surface area (Å²) in [5, 5.41) is 3.60. The van der Waals surface area contributed by atoms with Gasteiger partial charge in [-0.3, -0.25) is 14.8 Å². The Kier molecular flexibility index (Phi) is 9.10. The standard InChI is InChI=1S/C31H33F6N7/c1-20(42(2)3)18-43-13-15-44(16-14-43)19-27-40-26-17-21(28-25(31(35,36)37)5-4-12-38-28)6-11-24(26)29(41-27)39-23-9-7-22(8-10-23)30(32,33)34/h4-12,17,20H,13-16,18-19H2,1-3H3,(H,39,40,41). The lowest BCUT2D eigenvalue weighted by Gasteiger charge is -2.36. The second-order valence-corrected chi connectivity index (χ2v) is 11.2. The number of anilines is 2. The lowest BCUT2D eigenvalue weighted by Crippen LogP contribution is -2.49. The molecular formula is C31H33F6N7. The second kappa shape index (κ2) is 12.7. The molecule has 44 heavy (non-hydrogen) atoms. The summed E-state index contributed by atoms with van der Waals surface area (Å²) in [5.74, 6) is 0.781. The van der Waals surface area contributed by atoms with Gasteiger partial charge < -0.3 is 10.2 Å². The lowest BCUT2D eigenvalue weighted by molar-refractivity contribution is -0.138. The van der Waals surface area contributed by atoms with E-state index in [1.807, 2.05) is 0 Å². The third-order valence-corrected chi connectivity index (χ3v) is 7.84. The summed E-state index contributed by atoms with van der Waals surface area (Å²) in [6, 6.07) is 11.8. The van der Waals surface area contributed by atoms with Gasteiger partial charge >= 0.3 is 12.4 Å². The molecule has 1 unspecified atom stereocenters. The Bertz CT molecular complexity index is 1580. The molecule has 5 rings (SSSR count). The molecule has 0 aliphatic carbocycles. The fourth-order valence-electron chi connectivity index (χ4n) is 5.10. The summed E-state index contributed by atoms with van der Waals surface area (Å²) >= 11 is 0. The number of alkyl halides is 6. The van der Waals surface area contributed by atoms with E-state index < -0.39 is 23.5 Å². The molecule has 0 spiro atoms. The van der Waals surface area contributed by atoms with E-state index in [4.69, 9.17) is 9.97 Å². The van der Waals surface area contributed by atoms with E-state index in [1.54, 1.807) is 6.07 Å². The number of rotatable bonds is 8. The molecule has 1 aliphatic heterocycles. The number of nitrogens with one attached hydrogen (secondary N) is 1. The molecule has 7 nitrogen and oxygen atoms in total. The maximum atomic E-state index is 13.8. The predicted molar refractivity (Wildman–Crippen MR) is 157 cm³/mol. The number of hydrogen-bond donors (Lipinski definition) is 1. The number of likely N-dealkylation sites (N-methyl/N-ethyl adjacent to an activating group) is 1. The van der Waals surface area contributed by atoms with Crippen molar-refractivity contribution in [2.75, 3.05) is 52.1 Å². The van der Waals surface area contributed by atoms with Crippen molar-refractivity contribution in [2.45, 2.75) is 31.9 Å². The first kappa shape index (κ1) is 31.6. The van der Waals surface area contributed by atoms with Gasteiger partial charge in [-0.25, -0.2) is 9.97 Å². The van der Waals surface area contributed by atoms with Gasteiger partial charge in [-0.2, -0.15) is 26.3 Å². The van der Waals surface area contributed by atoms with E-state index in [1.165, 1.54) is 36.5 Å². The Balaban J connectivity index is 1.47. The Morgan fingerprint density at radius 3 is 2.18 bits per heavy atom. The molecule has 0 saturated carbocycles. The number of fused-ring (bicyclic) bond motifs is 1. The minimum absolute atomic E-state index is 0.220. The monoisotopic (exact) mass is 617 g/mol. The number of piperazine rings is 1. The Labute approximate surface area is 251 Å². The number of halogens is 6. The zero-order valence-corrected chi connectivity index (χ0v) is 24.5. The Hall–Kier alpha value is -3.81. The van der Waals surface area contributed by atoms with Crippen molar-refractivity contribution in [3.63, 3.8) is 0 Å². The highest BCUT2D eigenvalue weighted by Crippen LogP contribution is 2.37. The highest BCUT2D eigenvalue weighted by Gasteiger charge is 2.34. The van der Waals surface area contributed by atoms with Crippen LogP contribution >= 0.6 is 0 Å². The van der Waals surface area contributed by atoms with E-state index in [2.05, 4.69) is 46.0 Å². The Morgan fingerprint density at radius 2 is 1.55 bits per heavy atom. The van der Waals surface area contributed by atoms with Crippen LogP contribution in [0.5, 0.6) is 0 Å². The SMILES string of the molecule is CC(CN1CCN(Cc2nc(Nc3ccc(C(F)(F)F)cc3)c3ccc(-c4ncccc4C(F)(F)F)cc3n2)CC1)N(C)C. The van der Waals surface area contributed by atoms with Crippen molar-refractivity contribution in [1.82, 2.24) is 29.7 Å². The van der Waals surface area contributed by atoms with Crippen molar-refractivity contribution in [1.29, 1.82) is 0 Å². The van der Waals surface area contributed by atoms with Crippen LogP contribution in [0.2, 0.25) is 0 Å². The van der Waals surface area contributed by atoms with Crippen LogP contribution in [-0.4, -0.2) is 82.5 Å². The minimum Gasteiger partial charge on any atom is -0.340 e. The van der Waals surface area contributed by atoms with E-state index in [0.717, 1.165) is 50.9 Å². The molecule has 3 heterocycles. The van der Waals surface area contributed by atoms with Crippen LogP contribution in [0.4, 0.5) is 37.8 Å². The summed E-state index contributed by atoms with van der Waals surface area (Å²) in [4.78, 5) is 20.2. The van der Waals surface area contributed by atoms with Gasteiger partial charge in [0.1, 0.15) is 11.6 Å². The van der Waals surface area contributed by atoms with Crippen LogP contribution in [0.15, 0.2) is 60.8 Å². The van der Waals surface area contributed by atoms with Gasteiger partial charge in [0.15, 0.2) is 0 Å². The van der Waals surface area contributed by atoms with Gasteiger partial charge in [-0.15, -0.1) is 0 Å². The number of hydrogen-bond acceptors (Lipinski definition) is 7. The zero-order valence-electron chi connectivity index (χ0n) is 24.5. The smallest absolute Gasteiger partial charge is 0.340 e. The molecule has 234 valence electrons. The number of aromatic nitrogens is 3. The molecule has 0 amide bonds. The van der Waals surface area contributed by atoms with E-state index in [0.29, 0.717) is 40.8 Å². The minimum atomic E-state index is -4.60. The number of benzene rings is 2. The average Bonchev–Trinajstić information content (AvgIpc) is 2.97. The van der Waals surface area contributed by atoms with Gasteiger partial charge in [0.2, 0.25) is 0 Å². The van der Waals surface area contributed by atoms with E-state index in [9.17, 15) is 26.3 Å². The van der Waals surface area contributed by atoms with Crippen LogP contribution < -0.4 is 5.32 Å². The topological polar surface area (TPSA) is 60.4 Å². The van der Waals surface area contributed by atoms with Gasteiger partial charge in [0, 0.05) is 61.6 Å². The van der Waals surface area contributed by atoms with Crippen molar-refractivity contribution >= 4 is 22.4 Å². The average molecular weight is 618 g/mol. The fourth-order valence-corrected chi connectivity index (χ4v) is 5.10. The molecule has 13 heteroatoms. The number of nitrogens with zero attached hydrogens (tertiary/aromatic N) is 6. The molecule has 0 bridgehead atoms. The normalized spacial score (nSPS) is 16.0. The van der Waals surface area contributed by atoms with Crippen molar-refractivity contribution in [2.24, 2.45) is 0 Å². The van der Waals surface area contributed by atoms with Gasteiger partial charge in [0.25, 0.3) is 0 Å². The van der Waals surface area contributed by atoms with Crippen LogP contribution in [0, 0.1) is 0 Å². The Morgan fingerprint density at radius 1 is 0.864 bits per heavy atom. The molecule has 2 aromatic carbocycles. The van der Waals surface area contributed by atoms with Crippen LogP contribution in [0.1, 0.15) is 23.9 Å². The number of pyridine rings is 1. The first-order valence-electron chi connectivity index (χ1n) is 14.2. The molecule has 1 aliphatic rings. The predicted octanol–water partition coefficient (Wildman–Crippen LogP) is 6.54. The third kappa shape index (κ3) is 7.45. The summed E-state index contributed by atoms with van der Waals surface area (Å²) in [7, 11) is 4.11. The van der Waals surface area contributed by atoms with Crippen LogP contribution in [0.25, 0.3) is 22.2 Å². The fraction of sp³-hybridized carbons (Fsp3) is 0.387. The van der Waals surface area contributed by atoms with E-state index >= 15 is 0 Å². The van der Waals surface area contributed by atoms with Crippen LogP contribution in [-0.2, 0) is 18.9 Å². The molecule has 1 atom stereocenters. The summed E-state index contributed by atoms with van der Waals surface area (Å²) in [5.41, 5.74) is -0.865. The first-order chi connectivity index (χ1) is 20.8. The van der Waals surface area contributed by atoms with Crippen LogP contribution in [0.3, 0.4) is 0 Å².